The van der Waals surface area contributed by atoms with Gasteiger partial charge in [0.25, 0.3) is 0 Å². The second kappa shape index (κ2) is 5.97. The van der Waals surface area contributed by atoms with Crippen LogP contribution < -0.4 is 11.3 Å². The largest absolute Gasteiger partial charge is 0.458 e. The van der Waals surface area contributed by atoms with Gasteiger partial charge in [0, 0.05) is 18.4 Å². The first-order valence-corrected chi connectivity index (χ1v) is 7.53. The fourth-order valence-corrected chi connectivity index (χ4v) is 2.82. The van der Waals surface area contributed by atoms with Crippen LogP contribution in [0.2, 0.25) is 0 Å². The molecule has 110 valence electrons. The minimum absolute atomic E-state index is 0.154. The Morgan fingerprint density at radius 3 is 3.05 bits per heavy atom. The van der Waals surface area contributed by atoms with Crippen molar-refractivity contribution in [1.29, 1.82) is 0 Å². The average molecular weight is 350 g/mol. The number of halogens is 1. The van der Waals surface area contributed by atoms with Crippen LogP contribution in [0.3, 0.4) is 0 Å². The quantitative estimate of drug-likeness (QED) is 0.546. The van der Waals surface area contributed by atoms with E-state index in [9.17, 15) is 0 Å². The Labute approximate surface area is 130 Å². The molecule has 2 aromatic heterocycles. The maximum Gasteiger partial charge on any atom is 0.148 e. The Bertz CT molecular complexity index is 751. The molecule has 0 saturated heterocycles. The third-order valence-electron chi connectivity index (χ3n) is 3.44. The highest BCUT2D eigenvalue weighted by Crippen LogP contribution is 2.30. The van der Waals surface area contributed by atoms with Gasteiger partial charge in [0.1, 0.15) is 23.5 Å². The van der Waals surface area contributed by atoms with Crippen molar-refractivity contribution < 1.29 is 4.42 Å². The third kappa shape index (κ3) is 2.72. The smallest absolute Gasteiger partial charge is 0.148 e. The van der Waals surface area contributed by atoms with Crippen molar-refractivity contribution in [3.8, 4) is 0 Å². The van der Waals surface area contributed by atoms with E-state index in [-0.39, 0.29) is 6.04 Å². The van der Waals surface area contributed by atoms with E-state index >= 15 is 0 Å². The number of fused-ring (bicyclic) bond motifs is 1. The molecule has 3 aromatic rings. The number of nitrogens with zero attached hydrogens (tertiary/aromatic N) is 3. The number of rotatable bonds is 5. The fraction of sp³-hybridized carbons (Fsp3) is 0.286. The highest BCUT2D eigenvalue weighted by Gasteiger charge is 2.19. The number of furan rings is 1. The van der Waals surface area contributed by atoms with E-state index in [1.165, 1.54) is 0 Å². The lowest BCUT2D eigenvalue weighted by Crippen LogP contribution is -2.30. The fourth-order valence-electron chi connectivity index (χ4n) is 2.35. The number of nitrogens with one attached hydrogen (secondary N) is 1. The number of hydrogen-bond donors (Lipinski definition) is 2. The molecule has 0 aliphatic heterocycles. The Morgan fingerprint density at radius 1 is 1.48 bits per heavy atom. The molecule has 0 bridgehead atoms. The molecular formula is C14H16BrN5O. The predicted molar refractivity (Wildman–Crippen MR) is 83.4 cm³/mol. The Balaban J connectivity index is 1.93. The molecule has 6 nitrogen and oxygen atoms in total. The molecule has 0 aliphatic carbocycles. The van der Waals surface area contributed by atoms with E-state index < -0.39 is 0 Å². The molecule has 0 saturated carbocycles. The zero-order chi connectivity index (χ0) is 14.8. The summed E-state index contributed by atoms with van der Waals surface area (Å²) in [6.45, 7) is 2.81. The van der Waals surface area contributed by atoms with Crippen molar-refractivity contribution in [2.75, 3.05) is 0 Å². The van der Waals surface area contributed by atoms with Crippen LogP contribution in [-0.4, -0.2) is 14.8 Å². The van der Waals surface area contributed by atoms with Gasteiger partial charge in [-0.15, -0.1) is 0 Å². The molecular weight excluding hydrogens is 334 g/mol. The molecule has 0 fully saturated rings. The number of para-hydroxylation sites is 1. The number of aromatic nitrogens is 3. The first-order valence-electron chi connectivity index (χ1n) is 6.73. The highest BCUT2D eigenvalue weighted by atomic mass is 79.9. The summed E-state index contributed by atoms with van der Waals surface area (Å²) in [7, 11) is 0. The summed E-state index contributed by atoms with van der Waals surface area (Å²) in [5, 5.41) is 5.21. The molecule has 21 heavy (non-hydrogen) atoms. The Hall–Kier alpha value is -1.70. The predicted octanol–water partition coefficient (Wildman–Crippen LogP) is 2.55. The summed E-state index contributed by atoms with van der Waals surface area (Å²) >= 11 is 3.49. The molecule has 0 aliphatic rings. The van der Waals surface area contributed by atoms with Crippen LogP contribution in [-0.2, 0) is 13.0 Å². The zero-order valence-corrected chi connectivity index (χ0v) is 13.2. The van der Waals surface area contributed by atoms with Crippen LogP contribution in [0.4, 0.5) is 0 Å². The Morgan fingerprint density at radius 2 is 2.33 bits per heavy atom. The van der Waals surface area contributed by atoms with Crippen molar-refractivity contribution in [1.82, 2.24) is 20.2 Å². The summed E-state index contributed by atoms with van der Waals surface area (Å²) in [4.78, 5) is 4.28. The van der Waals surface area contributed by atoms with Gasteiger partial charge in [-0.25, -0.2) is 10.4 Å². The summed E-state index contributed by atoms with van der Waals surface area (Å²) in [6, 6.07) is 7.78. The van der Waals surface area contributed by atoms with Crippen LogP contribution in [0.5, 0.6) is 0 Å². The second-order valence-electron chi connectivity index (χ2n) is 4.72. The van der Waals surface area contributed by atoms with Gasteiger partial charge in [-0.3, -0.25) is 10.5 Å². The molecule has 7 heteroatoms. The van der Waals surface area contributed by atoms with Gasteiger partial charge in [0.2, 0.25) is 0 Å². The van der Waals surface area contributed by atoms with E-state index in [1.54, 1.807) is 6.33 Å². The number of hydrogen-bond acceptors (Lipinski definition) is 5. The molecule has 1 aromatic carbocycles. The topological polar surface area (TPSA) is 81.9 Å². The van der Waals surface area contributed by atoms with Gasteiger partial charge in [-0.1, -0.05) is 12.1 Å². The van der Waals surface area contributed by atoms with E-state index in [0.717, 1.165) is 33.6 Å². The number of aryl methyl sites for hydroxylation is 1. The molecule has 1 unspecified atom stereocenters. The SMILES string of the molecule is CCn1ncnc1CC(NN)c1cc2cccc(Br)c2o1. The number of hydrazine groups is 1. The summed E-state index contributed by atoms with van der Waals surface area (Å²) in [6.07, 6.45) is 2.17. The van der Waals surface area contributed by atoms with Crippen molar-refractivity contribution in [2.45, 2.75) is 25.9 Å². The standard InChI is InChI=1S/C14H16BrN5O/c1-2-20-13(17-8-18-20)7-11(19-16)12-6-9-4-3-5-10(15)14(9)21-12/h3-6,8,11,19H,2,7,16H2,1H3. The van der Waals surface area contributed by atoms with E-state index in [0.29, 0.717) is 6.42 Å². The van der Waals surface area contributed by atoms with Gasteiger partial charge in [-0.05, 0) is 35.0 Å². The van der Waals surface area contributed by atoms with Crippen molar-refractivity contribution in [2.24, 2.45) is 5.84 Å². The van der Waals surface area contributed by atoms with E-state index in [2.05, 4.69) is 31.4 Å². The Kier molecular flexibility index (Phi) is 4.05. The molecule has 2 heterocycles. The molecule has 0 amide bonds. The maximum absolute atomic E-state index is 5.93. The summed E-state index contributed by atoms with van der Waals surface area (Å²) < 4.78 is 8.71. The van der Waals surface area contributed by atoms with Gasteiger partial charge in [-0.2, -0.15) is 5.10 Å². The van der Waals surface area contributed by atoms with E-state index in [1.807, 2.05) is 35.9 Å². The lowest BCUT2D eigenvalue weighted by molar-refractivity contribution is 0.421. The lowest BCUT2D eigenvalue weighted by Gasteiger charge is -2.12. The summed E-state index contributed by atoms with van der Waals surface area (Å²) in [5.41, 5.74) is 3.62. The molecule has 0 radical (unpaired) electrons. The van der Waals surface area contributed by atoms with Crippen LogP contribution in [0.1, 0.15) is 24.6 Å². The van der Waals surface area contributed by atoms with Gasteiger partial charge >= 0.3 is 0 Å². The minimum Gasteiger partial charge on any atom is -0.458 e. The van der Waals surface area contributed by atoms with Crippen molar-refractivity contribution >= 4 is 26.9 Å². The van der Waals surface area contributed by atoms with Crippen molar-refractivity contribution in [3.05, 3.63) is 46.7 Å². The monoisotopic (exact) mass is 349 g/mol. The van der Waals surface area contributed by atoms with Gasteiger partial charge in [0.15, 0.2) is 0 Å². The van der Waals surface area contributed by atoms with Gasteiger partial charge < -0.3 is 4.42 Å². The first kappa shape index (κ1) is 14.2. The second-order valence-corrected chi connectivity index (χ2v) is 5.58. The van der Waals surface area contributed by atoms with Crippen LogP contribution in [0.25, 0.3) is 11.0 Å². The van der Waals surface area contributed by atoms with Crippen molar-refractivity contribution in [3.63, 3.8) is 0 Å². The molecule has 3 N–H and O–H groups in total. The van der Waals surface area contributed by atoms with Gasteiger partial charge in [0.05, 0.1) is 10.5 Å². The molecule has 1 atom stereocenters. The molecule has 3 rings (SSSR count). The molecule has 0 spiro atoms. The summed E-state index contributed by atoms with van der Waals surface area (Å²) in [5.74, 6) is 7.35. The number of nitrogens with two attached hydrogens (primary N) is 1. The lowest BCUT2D eigenvalue weighted by atomic mass is 10.1. The van der Waals surface area contributed by atoms with Crippen LogP contribution >= 0.6 is 15.9 Å². The minimum atomic E-state index is -0.154. The first-order chi connectivity index (χ1) is 10.2. The van der Waals surface area contributed by atoms with Crippen LogP contribution in [0.15, 0.2) is 39.5 Å². The normalized spacial score (nSPS) is 12.9. The van der Waals surface area contributed by atoms with E-state index in [4.69, 9.17) is 10.3 Å². The highest BCUT2D eigenvalue weighted by molar-refractivity contribution is 9.10. The number of benzene rings is 1. The maximum atomic E-state index is 5.93. The average Bonchev–Trinajstić information content (AvgIpc) is 3.11. The van der Waals surface area contributed by atoms with Crippen LogP contribution in [0, 0.1) is 0 Å². The zero-order valence-electron chi connectivity index (χ0n) is 11.6. The third-order valence-corrected chi connectivity index (χ3v) is 4.07.